The van der Waals surface area contributed by atoms with Gasteiger partial charge in [-0.2, -0.15) is 0 Å². The number of halogens is 1. The fourth-order valence-corrected chi connectivity index (χ4v) is 3.32. The van der Waals surface area contributed by atoms with Gasteiger partial charge >= 0.3 is 6.03 Å². The van der Waals surface area contributed by atoms with Gasteiger partial charge in [0.25, 0.3) is 0 Å². The Kier molecular flexibility index (Phi) is 7.70. The van der Waals surface area contributed by atoms with Crippen molar-refractivity contribution >= 4 is 17.6 Å². The number of nitrogens with zero attached hydrogens (tertiary/aromatic N) is 3. The SMILES string of the molecule is CCC(C)N(CC(=O)N(Cc1ccco1)Cc1cccn1C)C(=O)Nc1ccccc1F. The van der Waals surface area contributed by atoms with Crippen molar-refractivity contribution in [2.75, 3.05) is 11.9 Å². The maximum atomic E-state index is 14.0. The Bertz CT molecular complexity index is 1030. The first kappa shape index (κ1) is 23.1. The van der Waals surface area contributed by atoms with Crippen LogP contribution in [0.5, 0.6) is 0 Å². The van der Waals surface area contributed by atoms with Gasteiger partial charge in [0.15, 0.2) is 0 Å². The van der Waals surface area contributed by atoms with Crippen molar-refractivity contribution in [1.29, 1.82) is 0 Å². The fourth-order valence-electron chi connectivity index (χ4n) is 3.32. The predicted molar refractivity (Wildman–Crippen MR) is 120 cm³/mol. The van der Waals surface area contributed by atoms with E-state index in [1.54, 1.807) is 29.4 Å². The summed E-state index contributed by atoms with van der Waals surface area (Å²) < 4.78 is 21.4. The predicted octanol–water partition coefficient (Wildman–Crippen LogP) is 4.62. The van der Waals surface area contributed by atoms with Crippen molar-refractivity contribution < 1.29 is 18.4 Å². The molecule has 3 amide bonds. The average molecular weight is 441 g/mol. The number of hydrogen-bond donors (Lipinski definition) is 1. The molecule has 1 atom stereocenters. The van der Waals surface area contributed by atoms with Crippen molar-refractivity contribution in [3.05, 3.63) is 78.3 Å². The molecule has 7 nitrogen and oxygen atoms in total. The number of carbonyl (C=O) groups is 2. The molecule has 0 spiro atoms. The minimum atomic E-state index is -0.528. The minimum absolute atomic E-state index is 0.0782. The molecular weight excluding hydrogens is 411 g/mol. The second-order valence-electron chi connectivity index (χ2n) is 7.73. The second-order valence-corrected chi connectivity index (χ2v) is 7.73. The Hall–Kier alpha value is -3.55. The maximum Gasteiger partial charge on any atom is 0.322 e. The maximum absolute atomic E-state index is 14.0. The molecule has 0 saturated carbocycles. The number of nitrogens with one attached hydrogen (secondary N) is 1. The van der Waals surface area contributed by atoms with Crippen molar-refractivity contribution in [3.8, 4) is 0 Å². The Balaban J connectivity index is 1.78. The van der Waals surface area contributed by atoms with E-state index in [0.717, 1.165) is 5.69 Å². The lowest BCUT2D eigenvalue weighted by molar-refractivity contribution is -0.133. The van der Waals surface area contributed by atoms with E-state index in [-0.39, 0.29) is 30.7 Å². The van der Waals surface area contributed by atoms with Crippen LogP contribution < -0.4 is 5.32 Å². The number of urea groups is 1. The molecule has 3 aromatic rings. The number of rotatable bonds is 9. The summed E-state index contributed by atoms with van der Waals surface area (Å²) in [6, 6.07) is 12.7. The van der Waals surface area contributed by atoms with E-state index in [9.17, 15) is 14.0 Å². The highest BCUT2D eigenvalue weighted by molar-refractivity contribution is 5.92. The molecule has 1 unspecified atom stereocenters. The van der Waals surface area contributed by atoms with Gasteiger partial charge in [0.05, 0.1) is 25.0 Å². The quantitative estimate of drug-likeness (QED) is 0.528. The molecule has 2 heterocycles. The van der Waals surface area contributed by atoms with Gasteiger partial charge in [-0.25, -0.2) is 9.18 Å². The van der Waals surface area contributed by atoms with Crippen LogP contribution in [-0.2, 0) is 24.9 Å². The van der Waals surface area contributed by atoms with E-state index < -0.39 is 11.8 Å². The molecule has 0 aliphatic rings. The highest BCUT2D eigenvalue weighted by atomic mass is 19.1. The molecule has 0 fully saturated rings. The van der Waals surface area contributed by atoms with Gasteiger partial charge < -0.3 is 24.1 Å². The lowest BCUT2D eigenvalue weighted by atomic mass is 10.2. The van der Waals surface area contributed by atoms with Crippen LogP contribution in [0.3, 0.4) is 0 Å². The summed E-state index contributed by atoms with van der Waals surface area (Å²) in [6.45, 7) is 4.30. The van der Waals surface area contributed by atoms with E-state index in [0.29, 0.717) is 18.7 Å². The summed E-state index contributed by atoms with van der Waals surface area (Å²) >= 11 is 0. The zero-order valence-electron chi connectivity index (χ0n) is 18.6. The molecule has 170 valence electrons. The molecule has 1 aromatic carbocycles. The molecule has 0 radical (unpaired) electrons. The minimum Gasteiger partial charge on any atom is -0.467 e. The molecule has 8 heteroatoms. The van der Waals surface area contributed by atoms with Crippen LogP contribution >= 0.6 is 0 Å². The number of para-hydroxylation sites is 1. The Morgan fingerprint density at radius 2 is 1.91 bits per heavy atom. The molecule has 0 bridgehead atoms. The number of hydrogen-bond acceptors (Lipinski definition) is 3. The Morgan fingerprint density at radius 1 is 1.12 bits per heavy atom. The first-order chi connectivity index (χ1) is 15.4. The van der Waals surface area contributed by atoms with Crippen molar-refractivity contribution in [2.45, 2.75) is 39.4 Å². The lowest BCUT2D eigenvalue weighted by Gasteiger charge is -2.31. The van der Waals surface area contributed by atoms with Crippen LogP contribution in [0.1, 0.15) is 31.7 Å². The van der Waals surface area contributed by atoms with E-state index in [1.807, 2.05) is 49.9 Å². The number of furan rings is 1. The zero-order valence-corrected chi connectivity index (χ0v) is 18.6. The van der Waals surface area contributed by atoms with Gasteiger partial charge in [-0.05, 0) is 49.7 Å². The number of carbonyl (C=O) groups excluding carboxylic acids is 2. The van der Waals surface area contributed by atoms with Crippen LogP contribution in [0, 0.1) is 5.82 Å². The molecule has 0 saturated heterocycles. The summed E-state index contributed by atoms with van der Waals surface area (Å²) in [4.78, 5) is 29.4. The van der Waals surface area contributed by atoms with Crippen molar-refractivity contribution in [3.63, 3.8) is 0 Å². The van der Waals surface area contributed by atoms with E-state index >= 15 is 0 Å². The number of aryl methyl sites for hydroxylation is 1. The molecule has 3 rings (SSSR count). The van der Waals surface area contributed by atoms with Gasteiger partial charge in [-0.3, -0.25) is 4.79 Å². The standard InChI is InChI=1S/C24H29FN4O3/c1-4-18(2)29(24(31)26-22-12-6-5-11-21(22)25)17-23(30)28(16-20-10-8-14-32-20)15-19-9-7-13-27(19)3/h5-14,18H,4,15-17H2,1-3H3,(H,26,31). The summed E-state index contributed by atoms with van der Waals surface area (Å²) in [5.41, 5.74) is 1.03. The van der Waals surface area contributed by atoms with Gasteiger partial charge in [-0.1, -0.05) is 19.1 Å². The lowest BCUT2D eigenvalue weighted by Crippen LogP contribution is -2.48. The molecule has 0 aliphatic carbocycles. The van der Waals surface area contributed by atoms with Crippen LogP contribution in [0.25, 0.3) is 0 Å². The molecule has 2 aromatic heterocycles. The number of benzene rings is 1. The zero-order chi connectivity index (χ0) is 23.1. The molecule has 0 aliphatic heterocycles. The number of aromatic nitrogens is 1. The molecule has 1 N–H and O–H groups in total. The Morgan fingerprint density at radius 3 is 2.53 bits per heavy atom. The van der Waals surface area contributed by atoms with Crippen LogP contribution in [0.2, 0.25) is 0 Å². The van der Waals surface area contributed by atoms with Crippen LogP contribution in [0.4, 0.5) is 14.9 Å². The summed E-state index contributed by atoms with van der Waals surface area (Å²) in [5.74, 6) is -0.107. The molecular formula is C24H29FN4O3. The van der Waals surface area contributed by atoms with Crippen molar-refractivity contribution in [1.82, 2.24) is 14.4 Å². The number of anilines is 1. The fraction of sp³-hybridized carbons (Fsp3) is 0.333. The largest absolute Gasteiger partial charge is 0.467 e. The topological polar surface area (TPSA) is 70.7 Å². The van der Waals surface area contributed by atoms with Crippen LogP contribution in [0.15, 0.2) is 65.4 Å². The second kappa shape index (κ2) is 10.7. The highest BCUT2D eigenvalue weighted by Gasteiger charge is 2.26. The normalized spacial score (nSPS) is 11.8. The number of amides is 3. The first-order valence-electron chi connectivity index (χ1n) is 10.6. The smallest absolute Gasteiger partial charge is 0.322 e. The van der Waals surface area contributed by atoms with E-state index in [4.69, 9.17) is 4.42 Å². The monoisotopic (exact) mass is 440 g/mol. The van der Waals surface area contributed by atoms with Gasteiger partial charge in [-0.15, -0.1) is 0 Å². The highest BCUT2D eigenvalue weighted by Crippen LogP contribution is 2.16. The summed E-state index contributed by atoms with van der Waals surface area (Å²) in [7, 11) is 1.91. The van der Waals surface area contributed by atoms with Crippen LogP contribution in [-0.4, -0.2) is 38.9 Å². The summed E-state index contributed by atoms with van der Waals surface area (Å²) in [6.07, 6.45) is 4.12. The van der Waals surface area contributed by atoms with Gasteiger partial charge in [0.1, 0.15) is 18.1 Å². The summed E-state index contributed by atoms with van der Waals surface area (Å²) in [5, 5.41) is 2.59. The first-order valence-corrected chi connectivity index (χ1v) is 10.6. The third kappa shape index (κ3) is 5.78. The third-order valence-electron chi connectivity index (χ3n) is 5.49. The Labute approximate surface area is 187 Å². The van der Waals surface area contributed by atoms with Crippen molar-refractivity contribution in [2.24, 2.45) is 7.05 Å². The van der Waals surface area contributed by atoms with E-state index in [2.05, 4.69) is 5.32 Å². The average Bonchev–Trinajstić information content (AvgIpc) is 3.44. The van der Waals surface area contributed by atoms with Gasteiger partial charge in [0, 0.05) is 25.0 Å². The van der Waals surface area contributed by atoms with Gasteiger partial charge in [0.2, 0.25) is 5.91 Å². The van der Waals surface area contributed by atoms with E-state index in [1.165, 1.54) is 17.0 Å². The third-order valence-corrected chi connectivity index (χ3v) is 5.49. The molecule has 32 heavy (non-hydrogen) atoms.